The zero-order valence-corrected chi connectivity index (χ0v) is 24.6. The van der Waals surface area contributed by atoms with Crippen LogP contribution in [0.1, 0.15) is 44.9 Å². The van der Waals surface area contributed by atoms with Crippen molar-refractivity contribution in [3.8, 4) is 16.3 Å². The first kappa shape index (κ1) is 28.1. The monoisotopic (exact) mass is 602 g/mol. The molecule has 3 aromatic carbocycles. The molecule has 1 unspecified atom stereocenters. The molecular weight excluding hydrogens is 572 g/mol. The van der Waals surface area contributed by atoms with Crippen molar-refractivity contribution in [2.45, 2.75) is 41.6 Å². The highest BCUT2D eigenvalue weighted by Gasteiger charge is 2.31. The number of thiazole rings is 1. The number of ether oxygens (including phenoxy) is 1. The average molecular weight is 603 g/mol. The lowest BCUT2D eigenvalue weighted by Crippen LogP contribution is -2.26. The van der Waals surface area contributed by atoms with Gasteiger partial charge in [-0.2, -0.15) is 0 Å². The maximum Gasteiger partial charge on any atom is 0.257 e. The molecule has 6 rings (SSSR count). The second kappa shape index (κ2) is 11.7. The van der Waals surface area contributed by atoms with Crippen molar-refractivity contribution in [3.05, 3.63) is 88.9 Å². The van der Waals surface area contributed by atoms with E-state index in [1.54, 1.807) is 18.3 Å². The Labute approximate surface area is 248 Å². The van der Waals surface area contributed by atoms with Crippen LogP contribution >= 0.6 is 11.3 Å². The van der Waals surface area contributed by atoms with Gasteiger partial charge in [-0.3, -0.25) is 9.59 Å². The van der Waals surface area contributed by atoms with Gasteiger partial charge in [0.05, 0.1) is 34.2 Å². The number of hydrogen-bond acceptors (Lipinski definition) is 8. The van der Waals surface area contributed by atoms with Crippen LogP contribution in [0.3, 0.4) is 0 Å². The Morgan fingerprint density at radius 2 is 1.93 bits per heavy atom. The molecule has 1 aromatic heterocycles. The van der Waals surface area contributed by atoms with E-state index in [-0.39, 0.29) is 33.2 Å². The van der Waals surface area contributed by atoms with Crippen molar-refractivity contribution >= 4 is 38.7 Å². The molecule has 1 saturated heterocycles. The number of benzene rings is 3. The number of sulfone groups is 1. The summed E-state index contributed by atoms with van der Waals surface area (Å²) in [6, 6.07) is 18.7. The molecule has 2 amide bonds. The van der Waals surface area contributed by atoms with Crippen molar-refractivity contribution in [1.29, 1.82) is 0 Å². The Kier molecular flexibility index (Phi) is 7.80. The summed E-state index contributed by atoms with van der Waals surface area (Å²) < 4.78 is 32.3. The summed E-state index contributed by atoms with van der Waals surface area (Å²) in [6.45, 7) is 2.10. The van der Waals surface area contributed by atoms with E-state index < -0.39 is 21.7 Å². The molecule has 2 aliphatic rings. The lowest BCUT2D eigenvalue weighted by Gasteiger charge is -2.19. The van der Waals surface area contributed by atoms with Crippen LogP contribution in [-0.2, 0) is 16.4 Å². The van der Waals surface area contributed by atoms with E-state index in [0.29, 0.717) is 12.6 Å². The van der Waals surface area contributed by atoms with Gasteiger partial charge in [0.25, 0.3) is 11.8 Å². The molecule has 4 aromatic rings. The Balaban J connectivity index is 1.07. The number of nitrogens with one attached hydrogen (secondary N) is 2. The predicted molar refractivity (Wildman–Crippen MR) is 161 cm³/mol. The molecule has 0 radical (unpaired) electrons. The Morgan fingerprint density at radius 1 is 1.12 bits per heavy atom. The minimum atomic E-state index is -3.94. The molecule has 0 spiro atoms. The lowest BCUT2D eigenvalue weighted by atomic mass is 10.1. The van der Waals surface area contributed by atoms with Crippen LogP contribution in [-0.4, -0.2) is 56.4 Å². The number of nitrogens with zero attached hydrogens (tertiary/aromatic N) is 2. The standard InChI is InChI=1S/C31H30N4O5S2/c1-35-15-4-5-22(35)14-16-40-23-11-8-20(9-12-23)31-33-19-24(41-31)18-32-29(36)21-10-13-28-26(17-21)34-30(37)25-6-2-3-7-27(25)42(28,38)39/h2-3,6-13,17,19,22H,4-5,14-16,18H2,1H3,(H,32,36)(H,34,37). The van der Waals surface area contributed by atoms with Crippen molar-refractivity contribution in [3.63, 3.8) is 0 Å². The molecule has 0 saturated carbocycles. The largest absolute Gasteiger partial charge is 0.494 e. The molecule has 2 N–H and O–H groups in total. The van der Waals surface area contributed by atoms with Gasteiger partial charge in [-0.05, 0) is 87.5 Å². The number of amides is 2. The van der Waals surface area contributed by atoms with Gasteiger partial charge in [-0.15, -0.1) is 11.3 Å². The molecule has 2 aliphatic heterocycles. The van der Waals surface area contributed by atoms with E-state index in [2.05, 4.69) is 27.6 Å². The molecule has 42 heavy (non-hydrogen) atoms. The number of fused-ring (bicyclic) bond motifs is 2. The van der Waals surface area contributed by atoms with Crippen LogP contribution in [0, 0.1) is 0 Å². The average Bonchev–Trinajstić information content (AvgIpc) is 3.63. The fourth-order valence-corrected chi connectivity index (χ4v) is 7.79. The summed E-state index contributed by atoms with van der Waals surface area (Å²) in [5, 5.41) is 6.32. The molecule has 11 heteroatoms. The number of anilines is 1. The van der Waals surface area contributed by atoms with Crippen molar-refractivity contribution < 1.29 is 22.7 Å². The Bertz CT molecular complexity index is 1750. The van der Waals surface area contributed by atoms with Gasteiger partial charge in [0, 0.05) is 28.2 Å². The molecular formula is C31H30N4O5S2. The summed E-state index contributed by atoms with van der Waals surface area (Å²) in [5.74, 6) is -0.109. The summed E-state index contributed by atoms with van der Waals surface area (Å²) in [4.78, 5) is 33.3. The van der Waals surface area contributed by atoms with Crippen molar-refractivity contribution in [2.75, 3.05) is 25.5 Å². The minimum absolute atomic E-state index is 0.0534. The fraction of sp³-hybridized carbons (Fsp3) is 0.258. The first-order chi connectivity index (χ1) is 20.3. The topological polar surface area (TPSA) is 118 Å². The van der Waals surface area contributed by atoms with Gasteiger partial charge in [-0.25, -0.2) is 13.4 Å². The highest BCUT2D eigenvalue weighted by atomic mass is 32.2. The van der Waals surface area contributed by atoms with Crippen LogP contribution in [0.15, 0.2) is 82.7 Å². The van der Waals surface area contributed by atoms with Crippen LogP contribution in [0.2, 0.25) is 0 Å². The number of hydrogen-bond donors (Lipinski definition) is 2. The summed E-state index contributed by atoms with van der Waals surface area (Å²) >= 11 is 1.47. The number of carbonyl (C=O) groups excluding carboxylic acids is 2. The Hall–Kier alpha value is -4.06. The van der Waals surface area contributed by atoms with Gasteiger partial charge in [0.1, 0.15) is 10.8 Å². The molecule has 1 atom stereocenters. The zero-order valence-electron chi connectivity index (χ0n) is 23.0. The third-order valence-electron chi connectivity index (χ3n) is 7.67. The van der Waals surface area contributed by atoms with Crippen LogP contribution in [0.25, 0.3) is 10.6 Å². The Morgan fingerprint density at radius 3 is 2.71 bits per heavy atom. The quantitative estimate of drug-likeness (QED) is 0.291. The van der Waals surface area contributed by atoms with Gasteiger partial charge in [0.2, 0.25) is 9.84 Å². The first-order valence-corrected chi connectivity index (χ1v) is 16.1. The molecule has 1 fully saturated rings. The smallest absolute Gasteiger partial charge is 0.257 e. The highest BCUT2D eigenvalue weighted by molar-refractivity contribution is 7.91. The molecule has 9 nitrogen and oxygen atoms in total. The lowest BCUT2D eigenvalue weighted by molar-refractivity contribution is 0.0949. The molecule has 0 aliphatic carbocycles. The second-order valence-electron chi connectivity index (χ2n) is 10.4. The van der Waals surface area contributed by atoms with Crippen LogP contribution in [0.4, 0.5) is 5.69 Å². The third-order valence-corrected chi connectivity index (χ3v) is 10.6. The summed E-state index contributed by atoms with van der Waals surface area (Å²) in [5.41, 5.74) is 1.33. The van der Waals surface area contributed by atoms with E-state index in [1.165, 1.54) is 54.5 Å². The van der Waals surface area contributed by atoms with E-state index in [1.807, 2.05) is 24.3 Å². The summed E-state index contributed by atoms with van der Waals surface area (Å²) in [7, 11) is -1.77. The maximum absolute atomic E-state index is 13.2. The highest BCUT2D eigenvalue weighted by Crippen LogP contribution is 2.34. The van der Waals surface area contributed by atoms with Gasteiger partial charge in [-0.1, -0.05) is 12.1 Å². The third kappa shape index (κ3) is 5.67. The normalized spacial score (nSPS) is 17.5. The van der Waals surface area contributed by atoms with E-state index >= 15 is 0 Å². The summed E-state index contributed by atoms with van der Waals surface area (Å²) in [6.07, 6.45) is 5.24. The fourth-order valence-electron chi connectivity index (χ4n) is 5.34. The number of aromatic nitrogens is 1. The van der Waals surface area contributed by atoms with Crippen molar-refractivity contribution in [2.24, 2.45) is 0 Å². The maximum atomic E-state index is 13.2. The molecule has 0 bridgehead atoms. The predicted octanol–water partition coefficient (Wildman–Crippen LogP) is 5.00. The number of carbonyl (C=O) groups is 2. The second-order valence-corrected chi connectivity index (χ2v) is 13.4. The van der Waals surface area contributed by atoms with E-state index in [0.717, 1.165) is 34.2 Å². The van der Waals surface area contributed by atoms with Gasteiger partial charge >= 0.3 is 0 Å². The first-order valence-electron chi connectivity index (χ1n) is 13.8. The van der Waals surface area contributed by atoms with Crippen molar-refractivity contribution in [1.82, 2.24) is 15.2 Å². The van der Waals surface area contributed by atoms with Gasteiger partial charge < -0.3 is 20.3 Å². The molecule has 3 heterocycles. The SMILES string of the molecule is CN1CCCC1CCOc1ccc(-c2ncc(CNC(=O)c3ccc4c(c3)NC(=O)c3ccccc3S4(=O)=O)s2)cc1. The van der Waals surface area contributed by atoms with Crippen LogP contribution in [0.5, 0.6) is 5.75 Å². The van der Waals surface area contributed by atoms with E-state index in [4.69, 9.17) is 4.74 Å². The minimum Gasteiger partial charge on any atom is -0.494 e. The van der Waals surface area contributed by atoms with Crippen LogP contribution < -0.4 is 15.4 Å². The zero-order chi connectivity index (χ0) is 29.3. The number of rotatable bonds is 8. The number of likely N-dealkylation sites (tertiary alicyclic amines) is 1. The van der Waals surface area contributed by atoms with Gasteiger partial charge in [0.15, 0.2) is 0 Å². The van der Waals surface area contributed by atoms with E-state index in [9.17, 15) is 18.0 Å². The molecule has 216 valence electrons.